The van der Waals surface area contributed by atoms with Crippen LogP contribution in [0.2, 0.25) is 0 Å². The molecule has 0 atom stereocenters. The quantitative estimate of drug-likeness (QED) is 0.338. The number of hydrogen-bond donors (Lipinski definition) is 0. The number of aromatic nitrogens is 1. The van der Waals surface area contributed by atoms with Gasteiger partial charge in [-0.15, -0.1) is 22.7 Å². The first kappa shape index (κ1) is 18.4. The minimum Gasteiger partial charge on any atom is -0.254 e. The van der Waals surface area contributed by atoms with Crippen LogP contribution < -0.4 is 0 Å². The molecule has 0 aliphatic rings. The highest BCUT2D eigenvalue weighted by Crippen LogP contribution is 2.43. The summed E-state index contributed by atoms with van der Waals surface area (Å²) in [6.07, 6.45) is 1.95. The van der Waals surface area contributed by atoms with Gasteiger partial charge >= 0.3 is 0 Å². The molecule has 0 bridgehead atoms. The molecule has 0 aliphatic heterocycles. The van der Waals surface area contributed by atoms with Crippen molar-refractivity contribution in [3.05, 3.63) is 64.2 Å². The van der Waals surface area contributed by atoms with Gasteiger partial charge in [0.2, 0.25) is 0 Å². The van der Waals surface area contributed by atoms with Gasteiger partial charge < -0.3 is 0 Å². The first-order valence-corrected chi connectivity index (χ1v) is 11.0. The lowest BCUT2D eigenvalue weighted by Gasteiger charge is -2.19. The minimum atomic E-state index is 0.180. The lowest BCUT2D eigenvalue weighted by atomic mass is 9.86. The molecule has 0 saturated heterocycles. The maximum absolute atomic E-state index is 4.75. The molecule has 3 heterocycles. The number of pyridine rings is 1. The second-order valence-electron chi connectivity index (χ2n) is 8.27. The van der Waals surface area contributed by atoms with E-state index in [1.54, 1.807) is 0 Å². The summed E-state index contributed by atoms with van der Waals surface area (Å²) in [5.74, 6) is 0. The molecule has 27 heavy (non-hydrogen) atoms. The van der Waals surface area contributed by atoms with E-state index < -0.39 is 0 Å². The Morgan fingerprint density at radius 2 is 1.59 bits per heavy atom. The highest BCUT2D eigenvalue weighted by atomic mass is 32.1. The van der Waals surface area contributed by atoms with Crippen LogP contribution in [0.3, 0.4) is 0 Å². The maximum Gasteiger partial charge on any atom is 0.0980 e. The number of fused-ring (bicyclic) bond motifs is 1. The zero-order valence-electron chi connectivity index (χ0n) is 16.8. The van der Waals surface area contributed by atoms with Gasteiger partial charge in [0.15, 0.2) is 0 Å². The van der Waals surface area contributed by atoms with Crippen LogP contribution >= 0.6 is 22.7 Å². The lowest BCUT2D eigenvalue weighted by molar-refractivity contribution is 0.590. The molecular weight excluding hydrogens is 366 g/mol. The molecule has 138 valence electrons. The Bertz CT molecular complexity index is 1100. The Balaban J connectivity index is 1.86. The van der Waals surface area contributed by atoms with E-state index >= 15 is 0 Å². The third kappa shape index (κ3) is 3.24. The first-order chi connectivity index (χ1) is 12.8. The largest absolute Gasteiger partial charge is 0.254 e. The van der Waals surface area contributed by atoms with Crippen LogP contribution in [0.1, 0.15) is 42.3 Å². The van der Waals surface area contributed by atoms with Crippen molar-refractivity contribution in [3.63, 3.8) is 0 Å². The van der Waals surface area contributed by atoms with E-state index in [1.807, 2.05) is 28.9 Å². The summed E-state index contributed by atoms with van der Waals surface area (Å²) in [6.45, 7) is 13.4. The average Bonchev–Trinajstić information content (AvgIpc) is 3.14. The average molecular weight is 392 g/mol. The third-order valence-corrected chi connectivity index (χ3v) is 7.79. The standard InChI is InChI=1S/C24H25NS2/c1-14-13-20(26-16(14)3)21-23-19(11-12-25-21)15(2)22(27-23)17-7-9-18(10-8-17)24(4,5)6/h7-13H,1-6H3. The summed E-state index contributed by atoms with van der Waals surface area (Å²) in [5.41, 5.74) is 6.68. The number of nitrogens with zero attached hydrogens (tertiary/aromatic N) is 1. The molecule has 0 fully saturated rings. The molecule has 0 spiro atoms. The SMILES string of the molecule is Cc1cc(-c2nccc3c(C)c(-c4ccc(C(C)(C)C)cc4)sc23)sc1C. The molecule has 3 heteroatoms. The van der Waals surface area contributed by atoms with Crippen molar-refractivity contribution in [1.29, 1.82) is 0 Å². The summed E-state index contributed by atoms with van der Waals surface area (Å²) >= 11 is 3.71. The molecule has 4 rings (SSSR count). The number of hydrogen-bond acceptors (Lipinski definition) is 3. The molecule has 1 nitrogen and oxygen atoms in total. The third-order valence-electron chi connectivity index (χ3n) is 5.27. The van der Waals surface area contributed by atoms with Crippen molar-refractivity contribution < 1.29 is 0 Å². The monoisotopic (exact) mass is 391 g/mol. The van der Waals surface area contributed by atoms with Crippen LogP contribution in [0.15, 0.2) is 42.6 Å². The van der Waals surface area contributed by atoms with Gasteiger partial charge in [-0.25, -0.2) is 0 Å². The normalized spacial score (nSPS) is 12.1. The van der Waals surface area contributed by atoms with Crippen LogP contribution in [-0.4, -0.2) is 4.98 Å². The minimum absolute atomic E-state index is 0.180. The Labute approximate surface area is 169 Å². The molecule has 0 saturated carbocycles. The smallest absolute Gasteiger partial charge is 0.0980 e. The highest BCUT2D eigenvalue weighted by molar-refractivity contribution is 7.23. The van der Waals surface area contributed by atoms with Gasteiger partial charge in [0.25, 0.3) is 0 Å². The van der Waals surface area contributed by atoms with Gasteiger partial charge in [-0.3, -0.25) is 4.98 Å². The molecular formula is C24H25NS2. The van der Waals surface area contributed by atoms with E-state index in [-0.39, 0.29) is 5.41 Å². The number of benzene rings is 1. The van der Waals surface area contributed by atoms with Crippen molar-refractivity contribution in [2.75, 3.05) is 0 Å². The van der Waals surface area contributed by atoms with Crippen molar-refractivity contribution >= 4 is 32.8 Å². The number of rotatable bonds is 2. The molecule has 4 aromatic rings. The lowest BCUT2D eigenvalue weighted by Crippen LogP contribution is -2.10. The molecule has 0 radical (unpaired) electrons. The Hall–Kier alpha value is -1.97. The fourth-order valence-corrected chi connectivity index (χ4v) is 5.82. The van der Waals surface area contributed by atoms with E-state index in [9.17, 15) is 0 Å². The molecule has 0 aliphatic carbocycles. The summed E-state index contributed by atoms with van der Waals surface area (Å²) in [6, 6.07) is 13.5. The predicted octanol–water partition coefficient (Wildman–Crippen LogP) is 7.91. The molecule has 1 aromatic carbocycles. The van der Waals surface area contributed by atoms with Crippen LogP contribution in [-0.2, 0) is 5.41 Å². The van der Waals surface area contributed by atoms with Gasteiger partial charge in [0.05, 0.1) is 15.3 Å². The topological polar surface area (TPSA) is 12.9 Å². The van der Waals surface area contributed by atoms with Gasteiger partial charge in [-0.05, 0) is 66.0 Å². The van der Waals surface area contributed by atoms with Crippen LogP contribution in [0.5, 0.6) is 0 Å². The van der Waals surface area contributed by atoms with Crippen molar-refractivity contribution in [2.24, 2.45) is 0 Å². The van der Waals surface area contributed by atoms with Crippen molar-refractivity contribution in [3.8, 4) is 21.0 Å². The van der Waals surface area contributed by atoms with Crippen LogP contribution in [0, 0.1) is 20.8 Å². The summed E-state index contributed by atoms with van der Waals surface area (Å²) in [5, 5.41) is 1.32. The Kier molecular flexibility index (Phi) is 4.48. The molecule has 0 N–H and O–H groups in total. The van der Waals surface area contributed by atoms with E-state index in [0.29, 0.717) is 0 Å². The van der Waals surface area contributed by atoms with Gasteiger partial charge in [-0.2, -0.15) is 0 Å². The zero-order valence-corrected chi connectivity index (χ0v) is 18.4. The summed E-state index contributed by atoms with van der Waals surface area (Å²) < 4.78 is 1.30. The molecule has 0 unspecified atom stereocenters. The Morgan fingerprint density at radius 3 is 2.19 bits per heavy atom. The summed E-state index contributed by atoms with van der Waals surface area (Å²) in [4.78, 5) is 8.74. The predicted molar refractivity (Wildman–Crippen MR) is 121 cm³/mol. The second kappa shape index (κ2) is 6.57. The van der Waals surface area contributed by atoms with E-state index in [1.165, 1.54) is 47.0 Å². The van der Waals surface area contributed by atoms with Crippen LogP contribution in [0.25, 0.3) is 31.1 Å². The first-order valence-electron chi connectivity index (χ1n) is 9.32. The molecule has 3 aromatic heterocycles. The Morgan fingerprint density at radius 1 is 0.889 bits per heavy atom. The molecule has 0 amide bonds. The second-order valence-corrected chi connectivity index (χ2v) is 10.5. The zero-order chi connectivity index (χ0) is 19.3. The fourth-order valence-electron chi connectivity index (χ4n) is 3.41. The number of aryl methyl sites for hydroxylation is 3. The van der Waals surface area contributed by atoms with Crippen molar-refractivity contribution in [1.82, 2.24) is 4.98 Å². The van der Waals surface area contributed by atoms with Crippen molar-refractivity contribution in [2.45, 2.75) is 47.0 Å². The van der Waals surface area contributed by atoms with E-state index in [0.717, 1.165) is 5.69 Å². The van der Waals surface area contributed by atoms with Gasteiger partial charge in [-0.1, -0.05) is 45.0 Å². The van der Waals surface area contributed by atoms with E-state index in [4.69, 9.17) is 4.98 Å². The van der Waals surface area contributed by atoms with Gasteiger partial charge in [0, 0.05) is 16.0 Å². The van der Waals surface area contributed by atoms with E-state index in [2.05, 4.69) is 77.9 Å². The maximum atomic E-state index is 4.75. The van der Waals surface area contributed by atoms with Crippen LogP contribution in [0.4, 0.5) is 0 Å². The van der Waals surface area contributed by atoms with Gasteiger partial charge in [0.1, 0.15) is 0 Å². The highest BCUT2D eigenvalue weighted by Gasteiger charge is 2.18. The number of thiophene rings is 2. The fraction of sp³-hybridized carbons (Fsp3) is 0.292. The summed E-state index contributed by atoms with van der Waals surface area (Å²) in [7, 11) is 0.